The average molecular weight is 242 g/mol. The summed E-state index contributed by atoms with van der Waals surface area (Å²) in [5.41, 5.74) is 4.18. The second-order valence-corrected chi connectivity index (χ2v) is 6.10. The lowest BCUT2D eigenvalue weighted by Gasteiger charge is -2.36. The third kappa shape index (κ3) is 2.22. The second kappa shape index (κ2) is 4.65. The van der Waals surface area contributed by atoms with Gasteiger partial charge < -0.3 is 4.90 Å². The molecule has 1 unspecified atom stereocenters. The van der Waals surface area contributed by atoms with Crippen LogP contribution in [0, 0.1) is 31.1 Å². The fourth-order valence-electron chi connectivity index (χ4n) is 3.28. The standard InChI is InChI=1S/C16H22N2/c1-12-6-5-7-13(2)15(12)18-11-14(8-9-17)10-16(18,3)4/h5-7,14H,8,10-11H2,1-4H3. The van der Waals surface area contributed by atoms with Crippen molar-refractivity contribution in [3.8, 4) is 6.07 Å². The minimum Gasteiger partial charge on any atom is -0.366 e. The van der Waals surface area contributed by atoms with Crippen molar-refractivity contribution in [2.24, 2.45) is 5.92 Å². The molecule has 2 nitrogen and oxygen atoms in total. The van der Waals surface area contributed by atoms with E-state index in [1.807, 2.05) is 0 Å². The maximum atomic E-state index is 8.89. The number of rotatable bonds is 2. The Hall–Kier alpha value is -1.49. The summed E-state index contributed by atoms with van der Waals surface area (Å²) in [5, 5.41) is 8.89. The largest absolute Gasteiger partial charge is 0.366 e. The van der Waals surface area contributed by atoms with Crippen molar-refractivity contribution < 1.29 is 0 Å². The molecule has 0 spiro atoms. The molecule has 1 aromatic carbocycles. The molecule has 1 fully saturated rings. The Balaban J connectivity index is 2.36. The number of anilines is 1. The van der Waals surface area contributed by atoms with E-state index in [-0.39, 0.29) is 5.54 Å². The number of nitriles is 1. The van der Waals surface area contributed by atoms with Crippen LogP contribution >= 0.6 is 0 Å². The fraction of sp³-hybridized carbons (Fsp3) is 0.562. The van der Waals surface area contributed by atoms with Gasteiger partial charge in [-0.15, -0.1) is 0 Å². The van der Waals surface area contributed by atoms with E-state index in [1.165, 1.54) is 16.8 Å². The van der Waals surface area contributed by atoms with Gasteiger partial charge in [0.25, 0.3) is 0 Å². The van der Waals surface area contributed by atoms with E-state index < -0.39 is 0 Å². The summed E-state index contributed by atoms with van der Waals surface area (Å²) in [6, 6.07) is 8.79. The zero-order chi connectivity index (χ0) is 13.3. The molecule has 1 aliphatic heterocycles. The van der Waals surface area contributed by atoms with Crippen molar-refractivity contribution in [2.45, 2.75) is 46.1 Å². The Morgan fingerprint density at radius 3 is 2.50 bits per heavy atom. The number of nitrogens with zero attached hydrogens (tertiary/aromatic N) is 2. The van der Waals surface area contributed by atoms with Gasteiger partial charge in [0.1, 0.15) is 0 Å². The SMILES string of the molecule is Cc1cccc(C)c1N1CC(CC#N)CC1(C)C. The third-order valence-electron chi connectivity index (χ3n) is 4.05. The first-order valence-corrected chi connectivity index (χ1v) is 6.66. The molecule has 1 aromatic rings. The monoisotopic (exact) mass is 242 g/mol. The Morgan fingerprint density at radius 2 is 1.94 bits per heavy atom. The third-order valence-corrected chi connectivity index (χ3v) is 4.05. The van der Waals surface area contributed by atoms with Gasteiger partial charge in [0, 0.05) is 24.2 Å². The maximum Gasteiger partial charge on any atom is 0.0625 e. The molecular weight excluding hydrogens is 220 g/mol. The van der Waals surface area contributed by atoms with E-state index in [0.29, 0.717) is 12.3 Å². The average Bonchev–Trinajstić information content (AvgIpc) is 2.54. The molecule has 1 heterocycles. The summed E-state index contributed by atoms with van der Waals surface area (Å²) < 4.78 is 0. The van der Waals surface area contributed by atoms with Crippen LogP contribution in [0.3, 0.4) is 0 Å². The normalized spacial score (nSPS) is 21.9. The van der Waals surface area contributed by atoms with Crippen molar-refractivity contribution in [3.63, 3.8) is 0 Å². The van der Waals surface area contributed by atoms with Crippen LogP contribution in [-0.2, 0) is 0 Å². The molecular formula is C16H22N2. The van der Waals surface area contributed by atoms with Gasteiger partial charge in [0.05, 0.1) is 6.07 Å². The highest BCUT2D eigenvalue weighted by atomic mass is 15.2. The lowest BCUT2D eigenvalue weighted by atomic mass is 9.94. The smallest absolute Gasteiger partial charge is 0.0625 e. The highest BCUT2D eigenvalue weighted by Gasteiger charge is 2.39. The van der Waals surface area contributed by atoms with Gasteiger partial charge in [0.15, 0.2) is 0 Å². The van der Waals surface area contributed by atoms with Crippen LogP contribution in [0.2, 0.25) is 0 Å². The second-order valence-electron chi connectivity index (χ2n) is 6.10. The number of benzene rings is 1. The molecule has 0 radical (unpaired) electrons. The number of aryl methyl sites for hydroxylation is 2. The van der Waals surface area contributed by atoms with Crippen LogP contribution in [0.15, 0.2) is 18.2 Å². The van der Waals surface area contributed by atoms with Gasteiger partial charge in [-0.3, -0.25) is 0 Å². The summed E-state index contributed by atoms with van der Waals surface area (Å²) in [4.78, 5) is 2.50. The minimum absolute atomic E-state index is 0.151. The van der Waals surface area contributed by atoms with Gasteiger partial charge in [-0.1, -0.05) is 18.2 Å². The summed E-state index contributed by atoms with van der Waals surface area (Å²) in [6.45, 7) is 9.94. The number of hydrogen-bond donors (Lipinski definition) is 0. The fourth-order valence-corrected chi connectivity index (χ4v) is 3.28. The molecule has 1 aliphatic rings. The van der Waals surface area contributed by atoms with Gasteiger partial charge in [-0.05, 0) is 51.2 Å². The summed E-state index contributed by atoms with van der Waals surface area (Å²) in [6.07, 6.45) is 1.78. The predicted octanol–water partition coefficient (Wildman–Crippen LogP) is 3.82. The predicted molar refractivity (Wildman–Crippen MR) is 75.7 cm³/mol. The van der Waals surface area contributed by atoms with E-state index in [2.05, 4.69) is 56.9 Å². The molecule has 0 aromatic heterocycles. The van der Waals surface area contributed by atoms with Gasteiger partial charge in [0.2, 0.25) is 0 Å². The van der Waals surface area contributed by atoms with Crippen molar-refractivity contribution >= 4 is 5.69 Å². The molecule has 0 N–H and O–H groups in total. The molecule has 18 heavy (non-hydrogen) atoms. The van der Waals surface area contributed by atoms with Crippen LogP contribution in [-0.4, -0.2) is 12.1 Å². The summed E-state index contributed by atoms with van der Waals surface area (Å²) >= 11 is 0. The van der Waals surface area contributed by atoms with Crippen LogP contribution in [0.1, 0.15) is 37.8 Å². The van der Waals surface area contributed by atoms with Crippen LogP contribution in [0.25, 0.3) is 0 Å². The first-order valence-electron chi connectivity index (χ1n) is 6.66. The molecule has 0 saturated carbocycles. The number of hydrogen-bond acceptors (Lipinski definition) is 2. The van der Waals surface area contributed by atoms with E-state index in [9.17, 15) is 0 Å². The molecule has 2 heteroatoms. The minimum atomic E-state index is 0.151. The van der Waals surface area contributed by atoms with Crippen LogP contribution < -0.4 is 4.90 Å². The molecule has 96 valence electrons. The van der Waals surface area contributed by atoms with E-state index in [1.54, 1.807) is 0 Å². The molecule has 1 atom stereocenters. The molecule has 2 rings (SSSR count). The first-order chi connectivity index (χ1) is 8.45. The molecule has 0 bridgehead atoms. The zero-order valence-electron chi connectivity index (χ0n) is 11.8. The summed E-state index contributed by atoms with van der Waals surface area (Å²) in [5.74, 6) is 0.504. The zero-order valence-corrected chi connectivity index (χ0v) is 11.8. The quantitative estimate of drug-likeness (QED) is 0.788. The topological polar surface area (TPSA) is 27.0 Å². The van der Waals surface area contributed by atoms with Crippen LogP contribution in [0.5, 0.6) is 0 Å². The Morgan fingerprint density at radius 1 is 1.33 bits per heavy atom. The van der Waals surface area contributed by atoms with E-state index in [0.717, 1.165) is 13.0 Å². The Labute approximate surface area is 110 Å². The highest BCUT2D eigenvalue weighted by molar-refractivity contribution is 5.61. The number of para-hydroxylation sites is 1. The lowest BCUT2D eigenvalue weighted by Crippen LogP contribution is -2.39. The molecule has 1 saturated heterocycles. The van der Waals surface area contributed by atoms with Gasteiger partial charge >= 0.3 is 0 Å². The first kappa shape index (κ1) is 13.0. The van der Waals surface area contributed by atoms with E-state index in [4.69, 9.17) is 5.26 Å². The van der Waals surface area contributed by atoms with Crippen molar-refractivity contribution in [2.75, 3.05) is 11.4 Å². The van der Waals surface area contributed by atoms with Gasteiger partial charge in [-0.2, -0.15) is 5.26 Å². The lowest BCUT2D eigenvalue weighted by molar-refractivity contribution is 0.475. The molecule has 0 aliphatic carbocycles. The van der Waals surface area contributed by atoms with Crippen molar-refractivity contribution in [1.82, 2.24) is 0 Å². The van der Waals surface area contributed by atoms with Crippen molar-refractivity contribution in [1.29, 1.82) is 5.26 Å². The van der Waals surface area contributed by atoms with Crippen LogP contribution in [0.4, 0.5) is 5.69 Å². The molecule has 0 amide bonds. The van der Waals surface area contributed by atoms with E-state index >= 15 is 0 Å². The maximum absolute atomic E-state index is 8.89. The Kier molecular flexibility index (Phi) is 3.34. The van der Waals surface area contributed by atoms with Crippen molar-refractivity contribution in [3.05, 3.63) is 29.3 Å². The Bertz CT molecular complexity index is 462. The highest BCUT2D eigenvalue weighted by Crippen LogP contribution is 2.40. The van der Waals surface area contributed by atoms with Gasteiger partial charge in [-0.25, -0.2) is 0 Å². The summed E-state index contributed by atoms with van der Waals surface area (Å²) in [7, 11) is 0.